The number of carboxylic acids is 1. The van der Waals surface area contributed by atoms with Crippen molar-refractivity contribution in [3.63, 3.8) is 0 Å². The summed E-state index contributed by atoms with van der Waals surface area (Å²) in [6, 6.07) is 0.974. The second-order valence-corrected chi connectivity index (χ2v) is 5.40. The summed E-state index contributed by atoms with van der Waals surface area (Å²) in [6.45, 7) is 3.19. The third-order valence-electron chi connectivity index (χ3n) is 2.17. The molecule has 7 nitrogen and oxygen atoms in total. The SMILES string of the molecule is CCn1nc(C(=O)O)cc1C(=O)S(=O)(=O)CC. The Morgan fingerprint density at radius 2 is 2.00 bits per heavy atom. The lowest BCUT2D eigenvalue weighted by molar-refractivity contribution is 0.0689. The van der Waals surface area contributed by atoms with Gasteiger partial charge in [-0.15, -0.1) is 0 Å². The van der Waals surface area contributed by atoms with Crippen LogP contribution in [0.4, 0.5) is 0 Å². The number of carbonyl (C=O) groups excluding carboxylic acids is 1. The smallest absolute Gasteiger partial charge is 0.356 e. The Kier molecular flexibility index (Phi) is 3.66. The highest BCUT2D eigenvalue weighted by Crippen LogP contribution is 2.10. The molecule has 0 atom stereocenters. The van der Waals surface area contributed by atoms with Crippen molar-refractivity contribution in [3.05, 3.63) is 17.5 Å². The Morgan fingerprint density at radius 1 is 1.41 bits per heavy atom. The number of aromatic nitrogens is 2. The minimum Gasteiger partial charge on any atom is -0.476 e. The molecule has 0 aromatic carbocycles. The van der Waals surface area contributed by atoms with Crippen molar-refractivity contribution in [2.75, 3.05) is 5.75 Å². The Hall–Kier alpha value is -1.70. The summed E-state index contributed by atoms with van der Waals surface area (Å²) in [5.41, 5.74) is -0.562. The van der Waals surface area contributed by atoms with E-state index in [1.54, 1.807) is 6.92 Å². The molecule has 0 aliphatic carbocycles. The molecule has 0 fully saturated rings. The molecule has 1 N–H and O–H groups in total. The quantitative estimate of drug-likeness (QED) is 0.827. The standard InChI is InChI=1S/C9H12N2O5S/c1-3-11-7(5-6(10-11)8(12)13)9(14)17(15,16)4-2/h5H,3-4H2,1-2H3,(H,12,13). The lowest BCUT2D eigenvalue weighted by atomic mass is 10.4. The average Bonchev–Trinajstić information content (AvgIpc) is 2.71. The monoisotopic (exact) mass is 260 g/mol. The fraction of sp³-hybridized carbons (Fsp3) is 0.444. The van der Waals surface area contributed by atoms with Crippen LogP contribution in [0.2, 0.25) is 0 Å². The molecule has 1 rings (SSSR count). The molecule has 94 valence electrons. The maximum absolute atomic E-state index is 11.7. The van der Waals surface area contributed by atoms with E-state index in [4.69, 9.17) is 5.11 Å². The largest absolute Gasteiger partial charge is 0.476 e. The van der Waals surface area contributed by atoms with Gasteiger partial charge in [0.25, 0.3) is 5.12 Å². The highest BCUT2D eigenvalue weighted by atomic mass is 32.2. The summed E-state index contributed by atoms with van der Waals surface area (Å²) >= 11 is 0. The normalized spacial score (nSPS) is 11.4. The minimum absolute atomic E-state index is 0.216. The molecule has 0 spiro atoms. The van der Waals surface area contributed by atoms with Crippen molar-refractivity contribution in [1.29, 1.82) is 0 Å². The van der Waals surface area contributed by atoms with Gasteiger partial charge in [0.1, 0.15) is 5.69 Å². The number of aryl methyl sites for hydroxylation is 1. The van der Waals surface area contributed by atoms with E-state index in [9.17, 15) is 18.0 Å². The zero-order valence-electron chi connectivity index (χ0n) is 9.37. The molecule has 1 aromatic rings. The first-order valence-corrected chi connectivity index (χ1v) is 6.57. The van der Waals surface area contributed by atoms with E-state index in [2.05, 4.69) is 5.10 Å². The van der Waals surface area contributed by atoms with Crippen LogP contribution in [0.25, 0.3) is 0 Å². The fourth-order valence-electron chi connectivity index (χ4n) is 1.22. The van der Waals surface area contributed by atoms with Gasteiger partial charge in [0.2, 0.25) is 9.84 Å². The first-order valence-electron chi connectivity index (χ1n) is 4.91. The molecule has 1 heterocycles. The molecule has 8 heteroatoms. The lowest BCUT2D eigenvalue weighted by Gasteiger charge is -2.02. The molecule has 0 saturated heterocycles. The Balaban J connectivity index is 3.31. The zero-order chi connectivity index (χ0) is 13.2. The maximum atomic E-state index is 11.7. The Bertz CT molecular complexity index is 558. The van der Waals surface area contributed by atoms with E-state index in [0.29, 0.717) is 0 Å². The van der Waals surface area contributed by atoms with Crippen LogP contribution in [-0.4, -0.2) is 40.1 Å². The first kappa shape index (κ1) is 13.4. The first-order chi connectivity index (χ1) is 7.83. The van der Waals surface area contributed by atoms with Gasteiger partial charge in [-0.2, -0.15) is 5.10 Å². The maximum Gasteiger partial charge on any atom is 0.356 e. The van der Waals surface area contributed by atoms with Crippen LogP contribution < -0.4 is 0 Å². The number of sulfone groups is 1. The van der Waals surface area contributed by atoms with E-state index in [-0.39, 0.29) is 23.7 Å². The minimum atomic E-state index is -3.89. The van der Waals surface area contributed by atoms with E-state index in [0.717, 1.165) is 10.7 Å². The van der Waals surface area contributed by atoms with Gasteiger partial charge in [0, 0.05) is 12.6 Å². The fourth-order valence-corrected chi connectivity index (χ4v) is 1.96. The van der Waals surface area contributed by atoms with E-state index in [1.165, 1.54) is 6.92 Å². The molecule has 0 saturated carbocycles. The molecule has 0 aliphatic heterocycles. The van der Waals surface area contributed by atoms with Crippen LogP contribution >= 0.6 is 0 Å². The van der Waals surface area contributed by atoms with Crippen molar-refractivity contribution in [2.24, 2.45) is 0 Å². The molecule has 1 aromatic heterocycles. The number of aromatic carboxylic acids is 1. The van der Waals surface area contributed by atoms with Crippen LogP contribution in [0.5, 0.6) is 0 Å². The van der Waals surface area contributed by atoms with Gasteiger partial charge in [-0.25, -0.2) is 13.2 Å². The highest BCUT2D eigenvalue weighted by Gasteiger charge is 2.27. The van der Waals surface area contributed by atoms with Crippen LogP contribution in [0, 0.1) is 0 Å². The molecule has 17 heavy (non-hydrogen) atoms. The number of carbonyl (C=O) groups is 2. The third kappa shape index (κ3) is 2.52. The highest BCUT2D eigenvalue weighted by molar-refractivity contribution is 8.06. The number of nitrogens with zero attached hydrogens (tertiary/aromatic N) is 2. The van der Waals surface area contributed by atoms with Gasteiger partial charge in [0.05, 0.1) is 5.75 Å². The van der Waals surface area contributed by atoms with Gasteiger partial charge in [-0.05, 0) is 6.92 Å². The van der Waals surface area contributed by atoms with Crippen LogP contribution in [0.3, 0.4) is 0 Å². The number of rotatable bonds is 4. The second-order valence-electron chi connectivity index (χ2n) is 3.23. The molecule has 0 aliphatic rings. The van der Waals surface area contributed by atoms with Crippen molar-refractivity contribution in [3.8, 4) is 0 Å². The van der Waals surface area contributed by atoms with Gasteiger partial charge in [0.15, 0.2) is 5.69 Å². The molecule has 0 radical (unpaired) electrons. The van der Waals surface area contributed by atoms with Crippen LogP contribution in [0.15, 0.2) is 6.07 Å². The topological polar surface area (TPSA) is 106 Å². The summed E-state index contributed by atoms with van der Waals surface area (Å²) in [6.07, 6.45) is 0. The summed E-state index contributed by atoms with van der Waals surface area (Å²) < 4.78 is 23.9. The Morgan fingerprint density at radius 3 is 2.41 bits per heavy atom. The van der Waals surface area contributed by atoms with Gasteiger partial charge >= 0.3 is 5.97 Å². The van der Waals surface area contributed by atoms with Gasteiger partial charge in [-0.3, -0.25) is 9.48 Å². The van der Waals surface area contributed by atoms with Crippen molar-refractivity contribution < 1.29 is 23.1 Å². The summed E-state index contributed by atoms with van der Waals surface area (Å²) in [4.78, 5) is 22.4. The summed E-state index contributed by atoms with van der Waals surface area (Å²) in [7, 11) is -3.89. The number of hydrogen-bond acceptors (Lipinski definition) is 5. The lowest BCUT2D eigenvalue weighted by Crippen LogP contribution is -2.20. The summed E-state index contributed by atoms with van der Waals surface area (Å²) in [5.74, 6) is -1.64. The van der Waals surface area contributed by atoms with E-state index in [1.807, 2.05) is 0 Å². The second kappa shape index (κ2) is 4.66. The average molecular weight is 260 g/mol. The van der Waals surface area contributed by atoms with Crippen LogP contribution in [-0.2, 0) is 16.4 Å². The van der Waals surface area contributed by atoms with Gasteiger partial charge < -0.3 is 5.11 Å². The predicted molar refractivity (Wildman–Crippen MR) is 58.7 cm³/mol. The molecule has 0 bridgehead atoms. The Labute approximate surface area is 98.0 Å². The van der Waals surface area contributed by atoms with E-state index >= 15 is 0 Å². The van der Waals surface area contributed by atoms with Crippen molar-refractivity contribution in [1.82, 2.24) is 9.78 Å². The van der Waals surface area contributed by atoms with Crippen molar-refractivity contribution >= 4 is 20.9 Å². The van der Waals surface area contributed by atoms with Crippen molar-refractivity contribution in [2.45, 2.75) is 20.4 Å². The number of carboxylic acid groups (broad SMARTS) is 1. The third-order valence-corrected chi connectivity index (χ3v) is 3.70. The van der Waals surface area contributed by atoms with Gasteiger partial charge in [-0.1, -0.05) is 6.92 Å². The molecular formula is C9H12N2O5S. The molecule has 0 amide bonds. The summed E-state index contributed by atoms with van der Waals surface area (Å²) in [5, 5.41) is 11.3. The number of hydrogen-bond donors (Lipinski definition) is 1. The molecular weight excluding hydrogens is 248 g/mol. The zero-order valence-corrected chi connectivity index (χ0v) is 10.2. The predicted octanol–water partition coefficient (Wildman–Crippen LogP) is 0.176. The van der Waals surface area contributed by atoms with Crippen LogP contribution in [0.1, 0.15) is 34.8 Å². The molecule has 0 unspecified atom stereocenters. The van der Waals surface area contributed by atoms with E-state index < -0.39 is 20.9 Å².